The third-order valence-corrected chi connectivity index (χ3v) is 6.64. The molecule has 0 unspecified atom stereocenters. The number of nitriles is 1. The van der Waals surface area contributed by atoms with E-state index in [1.165, 1.54) is 0 Å². The summed E-state index contributed by atoms with van der Waals surface area (Å²) in [7, 11) is 0. The molecule has 1 saturated carbocycles. The van der Waals surface area contributed by atoms with Crippen LogP contribution in [0, 0.1) is 11.3 Å². The molecule has 0 spiro atoms. The molecule has 1 aromatic heterocycles. The fraction of sp³-hybridized carbons (Fsp3) is 0.280. The largest absolute Gasteiger partial charge is 0.365 e. The Labute approximate surface area is 196 Å². The summed E-state index contributed by atoms with van der Waals surface area (Å²) in [5.41, 5.74) is 10.5. The zero-order chi connectivity index (χ0) is 23.1. The summed E-state index contributed by atoms with van der Waals surface area (Å²) in [5, 5.41) is 14.3. The molecular formula is C25H22ClN5O2. The average Bonchev–Trinajstić information content (AvgIpc) is 3.57. The minimum atomic E-state index is -0.574. The van der Waals surface area contributed by atoms with E-state index in [0.29, 0.717) is 46.5 Å². The number of nitrogens with zero attached hydrogens (tertiary/aromatic N) is 4. The summed E-state index contributed by atoms with van der Waals surface area (Å²) in [6.45, 7) is 1.22. The van der Waals surface area contributed by atoms with E-state index in [1.807, 2.05) is 18.2 Å². The molecule has 0 atom stereocenters. The van der Waals surface area contributed by atoms with Gasteiger partial charge in [0.05, 0.1) is 42.4 Å². The molecule has 7 nitrogen and oxygen atoms in total. The highest BCUT2D eigenvalue weighted by molar-refractivity contribution is 6.31. The van der Waals surface area contributed by atoms with Gasteiger partial charge in [0.2, 0.25) is 5.91 Å². The van der Waals surface area contributed by atoms with E-state index in [-0.39, 0.29) is 18.9 Å². The molecule has 5 rings (SSSR count). The van der Waals surface area contributed by atoms with Gasteiger partial charge in [-0.1, -0.05) is 35.9 Å². The van der Waals surface area contributed by atoms with Crippen molar-refractivity contribution in [2.75, 3.05) is 6.54 Å². The number of benzene rings is 2. The van der Waals surface area contributed by atoms with Crippen LogP contribution in [0.5, 0.6) is 0 Å². The van der Waals surface area contributed by atoms with Crippen molar-refractivity contribution in [1.82, 2.24) is 14.7 Å². The van der Waals surface area contributed by atoms with E-state index in [9.17, 15) is 9.59 Å². The summed E-state index contributed by atoms with van der Waals surface area (Å²) in [6, 6.07) is 14.8. The molecule has 33 heavy (non-hydrogen) atoms. The third-order valence-electron chi connectivity index (χ3n) is 6.31. The van der Waals surface area contributed by atoms with Crippen molar-refractivity contribution in [2.24, 2.45) is 5.73 Å². The maximum atomic E-state index is 12.9. The molecule has 2 N–H and O–H groups in total. The molecule has 2 aliphatic rings. The van der Waals surface area contributed by atoms with Crippen LogP contribution in [0.1, 0.15) is 51.5 Å². The van der Waals surface area contributed by atoms with Crippen LogP contribution in [0.2, 0.25) is 5.02 Å². The van der Waals surface area contributed by atoms with Crippen molar-refractivity contribution in [3.8, 4) is 17.3 Å². The van der Waals surface area contributed by atoms with E-state index in [0.717, 1.165) is 29.5 Å². The van der Waals surface area contributed by atoms with E-state index in [1.54, 1.807) is 33.8 Å². The Kier molecular flexibility index (Phi) is 5.39. The molecule has 3 aromatic rings. The Morgan fingerprint density at radius 3 is 2.55 bits per heavy atom. The molecule has 2 aromatic carbocycles. The molecule has 1 aliphatic heterocycles. The summed E-state index contributed by atoms with van der Waals surface area (Å²) in [6.07, 6.45) is 2.52. The molecule has 8 heteroatoms. The number of fused-ring (bicyclic) bond motifs is 1. The number of carbonyl (C=O) groups excluding carboxylic acids is 2. The lowest BCUT2D eigenvalue weighted by molar-refractivity contribution is -0.132. The summed E-state index contributed by atoms with van der Waals surface area (Å²) < 4.78 is 1.77. The second kappa shape index (κ2) is 8.38. The first-order valence-corrected chi connectivity index (χ1v) is 11.3. The van der Waals surface area contributed by atoms with Crippen molar-refractivity contribution in [3.05, 3.63) is 75.4 Å². The first-order chi connectivity index (χ1) is 15.9. The average molecular weight is 460 g/mol. The zero-order valence-electron chi connectivity index (χ0n) is 17.9. The molecule has 1 aliphatic carbocycles. The van der Waals surface area contributed by atoms with Crippen molar-refractivity contribution in [1.29, 1.82) is 5.26 Å². The predicted octanol–water partition coefficient (Wildman–Crippen LogP) is 3.64. The van der Waals surface area contributed by atoms with E-state index in [2.05, 4.69) is 11.2 Å². The van der Waals surface area contributed by atoms with Gasteiger partial charge < -0.3 is 10.6 Å². The first kappa shape index (κ1) is 21.2. The molecule has 0 bridgehead atoms. The smallest absolute Gasteiger partial charge is 0.252 e. The highest BCUT2D eigenvalue weighted by Crippen LogP contribution is 2.44. The highest BCUT2D eigenvalue weighted by atomic mass is 35.5. The van der Waals surface area contributed by atoms with Gasteiger partial charge in [0.1, 0.15) is 5.69 Å². The summed E-state index contributed by atoms with van der Waals surface area (Å²) in [5.74, 6) is -0.107. The Morgan fingerprint density at radius 2 is 1.91 bits per heavy atom. The lowest BCUT2D eigenvalue weighted by Gasteiger charge is -2.28. The number of primary amides is 1. The van der Waals surface area contributed by atoms with Crippen LogP contribution in [0.15, 0.2) is 42.5 Å². The highest BCUT2D eigenvalue weighted by Gasteiger charge is 2.31. The Bertz CT molecular complexity index is 1300. The summed E-state index contributed by atoms with van der Waals surface area (Å²) in [4.78, 5) is 27.1. The molecule has 1 fully saturated rings. The van der Waals surface area contributed by atoms with Gasteiger partial charge in [0.15, 0.2) is 0 Å². The molecule has 2 heterocycles. The van der Waals surface area contributed by atoms with Gasteiger partial charge in [0, 0.05) is 17.1 Å². The monoisotopic (exact) mass is 459 g/mol. The van der Waals surface area contributed by atoms with Crippen molar-refractivity contribution < 1.29 is 9.59 Å². The van der Waals surface area contributed by atoms with Crippen LogP contribution in [0.25, 0.3) is 11.3 Å². The molecule has 0 radical (unpaired) electrons. The van der Waals surface area contributed by atoms with Crippen LogP contribution in [-0.2, 0) is 24.3 Å². The fourth-order valence-corrected chi connectivity index (χ4v) is 4.71. The quantitative estimate of drug-likeness (QED) is 0.628. The van der Waals surface area contributed by atoms with Crippen molar-refractivity contribution in [2.45, 2.75) is 38.3 Å². The number of halogens is 1. The molecular weight excluding hydrogens is 438 g/mol. The predicted molar refractivity (Wildman–Crippen MR) is 123 cm³/mol. The SMILES string of the molecule is N#Cc1ccc(CC(=O)N2CCn3nc(-c4ccc(C5CC5)c(Cl)c4)c(C(N)=O)c3C2)cc1. The first-order valence-electron chi connectivity index (χ1n) is 10.9. The van der Waals surface area contributed by atoms with Gasteiger partial charge in [-0.2, -0.15) is 10.4 Å². The van der Waals surface area contributed by atoms with Crippen LogP contribution in [0.3, 0.4) is 0 Å². The van der Waals surface area contributed by atoms with Crippen LogP contribution >= 0.6 is 11.6 Å². The number of carbonyl (C=O) groups is 2. The Hall–Kier alpha value is -3.63. The van der Waals surface area contributed by atoms with E-state index in [4.69, 9.17) is 22.6 Å². The van der Waals surface area contributed by atoms with Crippen molar-refractivity contribution >= 4 is 23.4 Å². The Morgan fingerprint density at radius 1 is 1.15 bits per heavy atom. The number of rotatable bonds is 5. The molecule has 166 valence electrons. The number of hydrogen-bond donors (Lipinski definition) is 1. The fourth-order valence-electron chi connectivity index (χ4n) is 4.37. The normalized spacial score (nSPS) is 15.1. The molecule has 2 amide bonds. The Balaban J connectivity index is 1.41. The van der Waals surface area contributed by atoms with Gasteiger partial charge in [-0.05, 0) is 48.1 Å². The maximum Gasteiger partial charge on any atom is 0.252 e. The minimum Gasteiger partial charge on any atom is -0.365 e. The lowest BCUT2D eigenvalue weighted by Crippen LogP contribution is -2.40. The minimum absolute atomic E-state index is 0.0547. The van der Waals surface area contributed by atoms with Gasteiger partial charge in [-0.15, -0.1) is 0 Å². The van der Waals surface area contributed by atoms with Gasteiger partial charge in [-0.25, -0.2) is 0 Å². The standard InChI is InChI=1S/C25H22ClN5O2/c26-20-12-18(7-8-19(20)17-5-6-17)24-23(25(28)33)21-14-30(9-10-31(21)29-24)22(32)11-15-1-3-16(13-27)4-2-15/h1-4,7-8,12,17H,5-6,9-11,14H2,(H2,28,33). The number of amides is 2. The van der Waals surface area contributed by atoms with Gasteiger partial charge in [-0.3, -0.25) is 14.3 Å². The lowest BCUT2D eigenvalue weighted by atomic mass is 10.0. The summed E-state index contributed by atoms with van der Waals surface area (Å²) >= 11 is 6.51. The number of nitrogens with two attached hydrogens (primary N) is 1. The van der Waals surface area contributed by atoms with Crippen LogP contribution in [-0.4, -0.2) is 33.0 Å². The maximum absolute atomic E-state index is 12.9. The number of aromatic nitrogens is 2. The van der Waals surface area contributed by atoms with Crippen molar-refractivity contribution in [3.63, 3.8) is 0 Å². The van der Waals surface area contributed by atoms with E-state index >= 15 is 0 Å². The topological polar surface area (TPSA) is 105 Å². The van der Waals surface area contributed by atoms with Crippen LogP contribution < -0.4 is 5.73 Å². The zero-order valence-corrected chi connectivity index (χ0v) is 18.7. The third kappa shape index (κ3) is 4.10. The van der Waals surface area contributed by atoms with Gasteiger partial charge in [0.25, 0.3) is 5.91 Å². The second-order valence-corrected chi connectivity index (χ2v) is 8.98. The second-order valence-electron chi connectivity index (χ2n) is 8.57. The van der Waals surface area contributed by atoms with Crippen LogP contribution in [0.4, 0.5) is 0 Å². The number of hydrogen-bond acceptors (Lipinski definition) is 4. The molecule has 0 saturated heterocycles. The van der Waals surface area contributed by atoms with E-state index < -0.39 is 5.91 Å². The van der Waals surface area contributed by atoms with Gasteiger partial charge >= 0.3 is 0 Å².